The number of fused-ring (bicyclic) bond motifs is 1. The van der Waals surface area contributed by atoms with Crippen LogP contribution in [0.5, 0.6) is 0 Å². The van der Waals surface area contributed by atoms with E-state index in [0.717, 1.165) is 31.6 Å². The maximum absolute atomic E-state index is 11.1. The zero-order valence-corrected chi connectivity index (χ0v) is 11.5. The number of aryl methyl sites for hydroxylation is 1. The Kier molecular flexibility index (Phi) is 3.64. The summed E-state index contributed by atoms with van der Waals surface area (Å²) in [4.78, 5) is 19.1. The summed E-state index contributed by atoms with van der Waals surface area (Å²) in [5, 5.41) is 18.5. The summed E-state index contributed by atoms with van der Waals surface area (Å²) < 4.78 is 2.05. The van der Waals surface area contributed by atoms with Gasteiger partial charge in [-0.05, 0) is 24.6 Å². The molecule has 0 amide bonds. The number of aromatic nitrogens is 5. The van der Waals surface area contributed by atoms with Crippen LogP contribution in [-0.4, -0.2) is 35.8 Å². The summed E-state index contributed by atoms with van der Waals surface area (Å²) in [6.45, 7) is 0.868. The Bertz CT molecular complexity index is 643. The van der Waals surface area contributed by atoms with Crippen LogP contribution in [-0.2, 0) is 13.0 Å². The minimum absolute atomic E-state index is 0.0523. The van der Waals surface area contributed by atoms with Gasteiger partial charge in [0.15, 0.2) is 10.9 Å². The van der Waals surface area contributed by atoms with Gasteiger partial charge in [-0.3, -0.25) is 0 Å². The van der Waals surface area contributed by atoms with E-state index in [4.69, 9.17) is 5.11 Å². The van der Waals surface area contributed by atoms with Crippen molar-refractivity contribution >= 4 is 17.7 Å². The molecule has 7 nitrogen and oxygen atoms in total. The van der Waals surface area contributed by atoms with E-state index in [2.05, 4.69) is 24.7 Å². The number of nitrogens with zero attached hydrogens (tertiary/aromatic N) is 5. The molecule has 0 aromatic carbocycles. The van der Waals surface area contributed by atoms with E-state index in [1.807, 2.05) is 0 Å². The molecule has 0 saturated heterocycles. The van der Waals surface area contributed by atoms with Gasteiger partial charge in [0.2, 0.25) is 0 Å². The minimum Gasteiger partial charge on any atom is -0.476 e. The Hall–Kier alpha value is -1.96. The highest BCUT2D eigenvalue weighted by atomic mass is 32.2. The van der Waals surface area contributed by atoms with Crippen molar-refractivity contribution in [2.24, 2.45) is 0 Å². The van der Waals surface area contributed by atoms with Crippen molar-refractivity contribution in [2.45, 2.75) is 42.4 Å². The van der Waals surface area contributed by atoms with Crippen LogP contribution in [0.4, 0.5) is 0 Å². The molecule has 8 heteroatoms. The minimum atomic E-state index is -1.09. The van der Waals surface area contributed by atoms with Crippen LogP contribution in [0.3, 0.4) is 0 Å². The van der Waals surface area contributed by atoms with Gasteiger partial charge in [0.1, 0.15) is 10.9 Å². The maximum atomic E-state index is 11.1. The summed E-state index contributed by atoms with van der Waals surface area (Å²) in [6.07, 6.45) is 7.16. The predicted octanol–water partition coefficient (Wildman–Crippen LogP) is 1.64. The number of aromatic carboxylic acids is 1. The third-order valence-corrected chi connectivity index (χ3v) is 4.11. The molecule has 3 heterocycles. The number of hydrogen-bond donors (Lipinski definition) is 1. The second-order valence-electron chi connectivity index (χ2n) is 4.48. The standard InChI is InChI=1S/C12H13N5O2S/c18-11(19)9-10(14-6-5-13-9)20-12-16-15-8-4-2-1-3-7-17(8)12/h5-6H,1-4,7H2,(H,18,19). The largest absolute Gasteiger partial charge is 0.476 e. The maximum Gasteiger partial charge on any atom is 0.357 e. The quantitative estimate of drug-likeness (QED) is 0.918. The fourth-order valence-electron chi connectivity index (χ4n) is 2.17. The Labute approximate surface area is 119 Å². The van der Waals surface area contributed by atoms with Gasteiger partial charge < -0.3 is 9.67 Å². The van der Waals surface area contributed by atoms with Crippen molar-refractivity contribution in [3.63, 3.8) is 0 Å². The smallest absolute Gasteiger partial charge is 0.357 e. The lowest BCUT2D eigenvalue weighted by atomic mass is 10.2. The van der Waals surface area contributed by atoms with Gasteiger partial charge in [0.05, 0.1) is 0 Å². The van der Waals surface area contributed by atoms with Crippen LogP contribution in [0.25, 0.3) is 0 Å². The van der Waals surface area contributed by atoms with Crippen molar-refractivity contribution in [1.82, 2.24) is 24.7 Å². The highest BCUT2D eigenvalue weighted by Gasteiger charge is 2.19. The Balaban J connectivity index is 1.92. The number of hydrogen-bond acceptors (Lipinski definition) is 6. The van der Waals surface area contributed by atoms with Gasteiger partial charge in [0, 0.05) is 25.4 Å². The Morgan fingerprint density at radius 1 is 1.20 bits per heavy atom. The van der Waals surface area contributed by atoms with Gasteiger partial charge in [-0.1, -0.05) is 6.42 Å². The van der Waals surface area contributed by atoms with Crippen LogP contribution >= 0.6 is 11.8 Å². The SMILES string of the molecule is O=C(O)c1nccnc1Sc1nnc2n1CCCCC2. The van der Waals surface area contributed by atoms with Crippen molar-refractivity contribution in [3.05, 3.63) is 23.9 Å². The molecule has 0 spiro atoms. The molecule has 3 rings (SSSR count). The molecule has 0 unspecified atom stereocenters. The zero-order chi connectivity index (χ0) is 13.9. The van der Waals surface area contributed by atoms with Gasteiger partial charge in [0.25, 0.3) is 0 Å². The molecular formula is C12H13N5O2S. The van der Waals surface area contributed by atoms with Crippen molar-refractivity contribution < 1.29 is 9.90 Å². The van der Waals surface area contributed by atoms with E-state index in [9.17, 15) is 4.79 Å². The molecule has 0 radical (unpaired) electrons. The Morgan fingerprint density at radius 3 is 2.90 bits per heavy atom. The van der Waals surface area contributed by atoms with Gasteiger partial charge in [-0.2, -0.15) is 0 Å². The number of carboxylic acids is 1. The first kappa shape index (κ1) is 13.0. The molecule has 0 aliphatic carbocycles. The first-order valence-corrected chi connectivity index (χ1v) is 7.21. The summed E-state index contributed by atoms with van der Waals surface area (Å²) in [7, 11) is 0. The second-order valence-corrected chi connectivity index (χ2v) is 5.43. The zero-order valence-electron chi connectivity index (χ0n) is 10.7. The molecule has 0 saturated carbocycles. The van der Waals surface area contributed by atoms with Crippen LogP contribution in [0, 0.1) is 0 Å². The summed E-state index contributed by atoms with van der Waals surface area (Å²) >= 11 is 1.21. The first-order valence-electron chi connectivity index (χ1n) is 6.40. The lowest BCUT2D eigenvalue weighted by Gasteiger charge is -2.06. The fourth-order valence-corrected chi connectivity index (χ4v) is 3.08. The highest BCUT2D eigenvalue weighted by molar-refractivity contribution is 7.99. The van der Waals surface area contributed by atoms with Gasteiger partial charge in [-0.25, -0.2) is 14.8 Å². The van der Waals surface area contributed by atoms with Crippen molar-refractivity contribution in [2.75, 3.05) is 0 Å². The molecular weight excluding hydrogens is 278 g/mol. The average molecular weight is 291 g/mol. The van der Waals surface area contributed by atoms with E-state index in [0.29, 0.717) is 10.2 Å². The molecule has 104 valence electrons. The van der Waals surface area contributed by atoms with E-state index < -0.39 is 5.97 Å². The molecule has 1 aliphatic rings. The molecule has 2 aromatic rings. The molecule has 1 aliphatic heterocycles. The summed E-state index contributed by atoms with van der Waals surface area (Å²) in [6, 6.07) is 0. The molecule has 20 heavy (non-hydrogen) atoms. The van der Waals surface area contributed by atoms with Gasteiger partial charge >= 0.3 is 5.97 Å². The van der Waals surface area contributed by atoms with Crippen LogP contribution in [0.15, 0.2) is 22.6 Å². The van der Waals surface area contributed by atoms with Crippen molar-refractivity contribution in [3.8, 4) is 0 Å². The topological polar surface area (TPSA) is 93.8 Å². The highest BCUT2D eigenvalue weighted by Crippen LogP contribution is 2.28. The number of carboxylic acid groups (broad SMARTS) is 1. The van der Waals surface area contributed by atoms with E-state index in [1.165, 1.54) is 30.6 Å². The van der Waals surface area contributed by atoms with E-state index >= 15 is 0 Å². The Morgan fingerprint density at radius 2 is 2.05 bits per heavy atom. The molecule has 2 aromatic heterocycles. The lowest BCUT2D eigenvalue weighted by Crippen LogP contribution is -2.06. The van der Waals surface area contributed by atoms with E-state index in [-0.39, 0.29) is 5.69 Å². The van der Waals surface area contributed by atoms with E-state index in [1.54, 1.807) is 0 Å². The molecule has 0 bridgehead atoms. The number of rotatable bonds is 3. The molecule has 0 fully saturated rings. The lowest BCUT2D eigenvalue weighted by molar-refractivity contribution is 0.0685. The monoisotopic (exact) mass is 291 g/mol. The predicted molar refractivity (Wildman–Crippen MR) is 70.7 cm³/mol. The third kappa shape index (κ3) is 2.51. The fraction of sp³-hybridized carbons (Fsp3) is 0.417. The third-order valence-electron chi connectivity index (χ3n) is 3.13. The van der Waals surface area contributed by atoms with Crippen LogP contribution in [0.2, 0.25) is 0 Å². The van der Waals surface area contributed by atoms with Crippen molar-refractivity contribution in [1.29, 1.82) is 0 Å². The summed E-state index contributed by atoms with van der Waals surface area (Å²) in [5.41, 5.74) is -0.0523. The van der Waals surface area contributed by atoms with Crippen LogP contribution < -0.4 is 0 Å². The molecule has 0 atom stereocenters. The first-order chi connectivity index (χ1) is 9.75. The average Bonchev–Trinajstić information content (AvgIpc) is 2.68. The molecule has 1 N–H and O–H groups in total. The van der Waals surface area contributed by atoms with Crippen LogP contribution in [0.1, 0.15) is 35.6 Å². The number of carbonyl (C=O) groups is 1. The second kappa shape index (κ2) is 5.58. The normalized spacial score (nSPS) is 14.6. The summed E-state index contributed by atoms with van der Waals surface area (Å²) in [5.74, 6) is -0.123. The van der Waals surface area contributed by atoms with Gasteiger partial charge in [-0.15, -0.1) is 10.2 Å².